The van der Waals surface area contributed by atoms with Crippen molar-refractivity contribution >= 4 is 5.97 Å². The fraction of sp³-hybridized carbons (Fsp3) is 0.308. The number of aliphatic carboxylic acids is 1. The first kappa shape index (κ1) is 13.2. The number of hydrogen-bond donors (Lipinski definition) is 1. The summed E-state index contributed by atoms with van der Waals surface area (Å²) in [6.07, 6.45) is 1.15. The molecule has 1 N–H and O–H groups in total. The van der Waals surface area contributed by atoms with Gasteiger partial charge in [-0.1, -0.05) is 18.2 Å². The second-order valence-corrected chi connectivity index (χ2v) is 4.11. The molecule has 0 saturated carbocycles. The molecular weight excluding hydrogens is 251 g/mol. The van der Waals surface area contributed by atoms with Crippen molar-refractivity contribution in [3.05, 3.63) is 47.4 Å². The van der Waals surface area contributed by atoms with Crippen LogP contribution in [0.1, 0.15) is 30.2 Å². The molecule has 1 aromatic heterocycles. The van der Waals surface area contributed by atoms with E-state index < -0.39 is 5.97 Å². The van der Waals surface area contributed by atoms with Gasteiger partial charge in [0.05, 0.1) is 6.42 Å². The van der Waals surface area contributed by atoms with E-state index in [-0.39, 0.29) is 18.7 Å². The van der Waals surface area contributed by atoms with Crippen molar-refractivity contribution in [2.45, 2.75) is 25.7 Å². The van der Waals surface area contributed by atoms with E-state index in [1.54, 1.807) is 18.2 Å². The van der Waals surface area contributed by atoms with E-state index in [0.717, 1.165) is 0 Å². The Morgan fingerprint density at radius 1 is 1.26 bits per heavy atom. The Morgan fingerprint density at radius 2 is 2.00 bits per heavy atom. The molecule has 0 radical (unpaired) electrons. The van der Waals surface area contributed by atoms with Gasteiger partial charge in [0, 0.05) is 12.8 Å². The largest absolute Gasteiger partial charge is 0.481 e. The van der Waals surface area contributed by atoms with Crippen molar-refractivity contribution in [1.29, 1.82) is 0 Å². The Morgan fingerprint density at radius 3 is 2.74 bits per heavy atom. The molecule has 0 fully saturated rings. The van der Waals surface area contributed by atoms with Crippen molar-refractivity contribution in [2.24, 2.45) is 0 Å². The number of carboxylic acid groups (broad SMARTS) is 1. The molecule has 0 aliphatic carbocycles. The third-order valence-corrected chi connectivity index (χ3v) is 2.59. The number of benzene rings is 1. The van der Waals surface area contributed by atoms with Crippen molar-refractivity contribution in [3.8, 4) is 0 Å². The summed E-state index contributed by atoms with van der Waals surface area (Å²) in [7, 11) is 0. The lowest BCUT2D eigenvalue weighted by Crippen LogP contribution is -1.95. The fourth-order valence-corrected chi connectivity index (χ4v) is 1.66. The van der Waals surface area contributed by atoms with Crippen LogP contribution in [0.4, 0.5) is 4.39 Å². The molecule has 1 aromatic carbocycles. The molecule has 0 saturated heterocycles. The molecule has 100 valence electrons. The van der Waals surface area contributed by atoms with E-state index in [2.05, 4.69) is 10.2 Å². The van der Waals surface area contributed by atoms with Crippen LogP contribution >= 0.6 is 0 Å². The lowest BCUT2D eigenvalue weighted by atomic mass is 10.1. The monoisotopic (exact) mass is 264 g/mol. The number of carbonyl (C=O) groups is 1. The first-order valence-electron chi connectivity index (χ1n) is 5.91. The molecular formula is C13H13FN2O3. The van der Waals surface area contributed by atoms with Gasteiger partial charge in [-0.05, 0) is 18.1 Å². The summed E-state index contributed by atoms with van der Waals surface area (Å²) in [4.78, 5) is 10.4. The van der Waals surface area contributed by atoms with Crippen LogP contribution in [-0.2, 0) is 17.6 Å². The molecule has 19 heavy (non-hydrogen) atoms. The molecule has 0 unspecified atom stereocenters. The summed E-state index contributed by atoms with van der Waals surface area (Å²) in [5.74, 6) is -0.456. The third-order valence-electron chi connectivity index (χ3n) is 2.59. The van der Waals surface area contributed by atoms with E-state index in [1.807, 2.05) is 0 Å². The highest BCUT2D eigenvalue weighted by molar-refractivity contribution is 5.66. The van der Waals surface area contributed by atoms with Gasteiger partial charge in [0.2, 0.25) is 11.8 Å². The average Bonchev–Trinajstić information content (AvgIpc) is 2.79. The quantitative estimate of drug-likeness (QED) is 0.865. The number of aryl methyl sites for hydroxylation is 1. The van der Waals surface area contributed by atoms with Crippen LogP contribution in [0.25, 0.3) is 0 Å². The summed E-state index contributed by atoms with van der Waals surface area (Å²) in [6, 6.07) is 6.38. The minimum atomic E-state index is -0.855. The van der Waals surface area contributed by atoms with Gasteiger partial charge in [-0.25, -0.2) is 4.39 Å². The van der Waals surface area contributed by atoms with Gasteiger partial charge in [-0.2, -0.15) is 0 Å². The lowest BCUT2D eigenvalue weighted by Gasteiger charge is -1.98. The highest BCUT2D eigenvalue weighted by Gasteiger charge is 2.10. The number of hydrogen-bond acceptors (Lipinski definition) is 4. The summed E-state index contributed by atoms with van der Waals surface area (Å²) in [5, 5.41) is 16.1. The van der Waals surface area contributed by atoms with Crippen molar-refractivity contribution in [2.75, 3.05) is 0 Å². The van der Waals surface area contributed by atoms with Gasteiger partial charge >= 0.3 is 5.97 Å². The van der Waals surface area contributed by atoms with Gasteiger partial charge < -0.3 is 9.52 Å². The van der Waals surface area contributed by atoms with E-state index in [1.165, 1.54) is 6.07 Å². The zero-order valence-electron chi connectivity index (χ0n) is 10.2. The van der Waals surface area contributed by atoms with E-state index in [9.17, 15) is 9.18 Å². The van der Waals surface area contributed by atoms with Crippen LogP contribution in [0.3, 0.4) is 0 Å². The van der Waals surface area contributed by atoms with Gasteiger partial charge in [0.1, 0.15) is 5.82 Å². The molecule has 2 aromatic rings. The predicted octanol–water partition coefficient (Wildman–Crippen LogP) is 2.21. The number of rotatable bonds is 6. The molecule has 0 aliphatic heterocycles. The molecule has 6 heteroatoms. The van der Waals surface area contributed by atoms with Crippen molar-refractivity contribution < 1.29 is 18.7 Å². The highest BCUT2D eigenvalue weighted by Crippen LogP contribution is 2.13. The lowest BCUT2D eigenvalue weighted by molar-refractivity contribution is -0.137. The van der Waals surface area contributed by atoms with Gasteiger partial charge in [0.25, 0.3) is 0 Å². The van der Waals surface area contributed by atoms with Gasteiger partial charge in [0.15, 0.2) is 0 Å². The van der Waals surface area contributed by atoms with Crippen LogP contribution in [0.15, 0.2) is 28.7 Å². The van der Waals surface area contributed by atoms with E-state index in [4.69, 9.17) is 9.52 Å². The predicted molar refractivity (Wildman–Crippen MR) is 64.1 cm³/mol. The number of aromatic nitrogens is 2. The van der Waals surface area contributed by atoms with Crippen LogP contribution in [0, 0.1) is 5.82 Å². The standard InChI is InChI=1S/C13H13FN2O3/c14-10-5-2-1-4-9(10)8-12-16-15-11(19-12)6-3-7-13(17)18/h1-2,4-5H,3,6-8H2,(H,17,18). The Hall–Kier alpha value is -2.24. The minimum Gasteiger partial charge on any atom is -0.481 e. The van der Waals surface area contributed by atoms with E-state index >= 15 is 0 Å². The second kappa shape index (κ2) is 6.08. The fourth-order valence-electron chi connectivity index (χ4n) is 1.66. The maximum atomic E-state index is 13.4. The number of halogens is 1. The smallest absolute Gasteiger partial charge is 0.303 e. The zero-order chi connectivity index (χ0) is 13.7. The molecule has 0 amide bonds. The highest BCUT2D eigenvalue weighted by atomic mass is 19.1. The maximum absolute atomic E-state index is 13.4. The van der Waals surface area contributed by atoms with Crippen LogP contribution in [0.2, 0.25) is 0 Å². The molecule has 0 bridgehead atoms. The summed E-state index contributed by atoms with van der Waals surface area (Å²) >= 11 is 0. The Labute approximate surface area is 109 Å². The molecule has 1 heterocycles. The van der Waals surface area contributed by atoms with Gasteiger partial charge in [-0.3, -0.25) is 4.79 Å². The minimum absolute atomic E-state index is 0.0605. The molecule has 0 aliphatic rings. The van der Waals surface area contributed by atoms with Crippen LogP contribution in [-0.4, -0.2) is 21.3 Å². The normalized spacial score (nSPS) is 10.6. The average molecular weight is 264 g/mol. The summed E-state index contributed by atoms with van der Waals surface area (Å²) in [6.45, 7) is 0. The summed E-state index contributed by atoms with van der Waals surface area (Å²) in [5.41, 5.74) is 0.489. The molecule has 0 atom stereocenters. The first-order chi connectivity index (χ1) is 9.15. The zero-order valence-corrected chi connectivity index (χ0v) is 10.2. The SMILES string of the molecule is O=C(O)CCCc1nnc(Cc2ccccc2F)o1. The maximum Gasteiger partial charge on any atom is 0.303 e. The summed E-state index contributed by atoms with van der Waals surface area (Å²) < 4.78 is 18.8. The molecule has 0 spiro atoms. The Kier molecular flexibility index (Phi) is 4.22. The number of carboxylic acids is 1. The van der Waals surface area contributed by atoms with Crippen molar-refractivity contribution in [3.63, 3.8) is 0 Å². The molecule has 5 nitrogen and oxygen atoms in total. The Bertz CT molecular complexity index is 569. The topological polar surface area (TPSA) is 76.2 Å². The second-order valence-electron chi connectivity index (χ2n) is 4.11. The van der Waals surface area contributed by atoms with Crippen LogP contribution in [0.5, 0.6) is 0 Å². The third kappa shape index (κ3) is 3.87. The molecule has 2 rings (SSSR count). The van der Waals surface area contributed by atoms with E-state index in [0.29, 0.717) is 30.2 Å². The van der Waals surface area contributed by atoms with Crippen molar-refractivity contribution in [1.82, 2.24) is 10.2 Å². The van der Waals surface area contributed by atoms with Gasteiger partial charge in [-0.15, -0.1) is 10.2 Å². The number of nitrogens with zero attached hydrogens (tertiary/aromatic N) is 2. The van der Waals surface area contributed by atoms with Crippen LogP contribution < -0.4 is 0 Å². The first-order valence-corrected chi connectivity index (χ1v) is 5.91. The Balaban J connectivity index is 1.94.